The quantitative estimate of drug-likeness (QED) is 0.143. The molecule has 0 aliphatic heterocycles. The average Bonchev–Trinajstić information content (AvgIpc) is 2.79. The Morgan fingerprint density at radius 2 is 1.27 bits per heavy atom. The van der Waals surface area contributed by atoms with Gasteiger partial charge in [-0.05, 0) is 72.3 Å². The third-order valence-electron chi connectivity index (χ3n) is 4.43. The summed E-state index contributed by atoms with van der Waals surface area (Å²) in [5.74, 6) is -0.149. The van der Waals surface area contributed by atoms with Gasteiger partial charge in [-0.25, -0.2) is 4.21 Å². The number of carbonyl (C=O) groups excluding carboxylic acids is 1. The molecule has 4 rings (SSSR count). The maximum absolute atomic E-state index is 12.1. The summed E-state index contributed by atoms with van der Waals surface area (Å²) in [6, 6.07) is 27.3. The second-order valence-electron chi connectivity index (χ2n) is 6.89. The smallest absolute Gasteiger partial charge is 0.189 e. The normalized spacial score (nSPS) is 10.8. The summed E-state index contributed by atoms with van der Waals surface area (Å²) in [5.41, 5.74) is 0.590. The Bertz CT molecular complexity index is 1240. The van der Waals surface area contributed by atoms with Crippen molar-refractivity contribution in [1.29, 1.82) is 0 Å². The van der Waals surface area contributed by atoms with E-state index in [2.05, 4.69) is 0 Å². The van der Waals surface area contributed by atoms with Crippen molar-refractivity contribution in [2.24, 2.45) is 0 Å². The first-order valence-electron chi connectivity index (χ1n) is 9.67. The molecule has 33 heavy (non-hydrogen) atoms. The van der Waals surface area contributed by atoms with Crippen molar-refractivity contribution < 1.29 is 63.5 Å². The van der Waals surface area contributed by atoms with E-state index < -0.39 is 10.8 Å². The predicted octanol–water partition coefficient (Wildman–Crippen LogP) is 7.64. The first-order chi connectivity index (χ1) is 15.3. The van der Waals surface area contributed by atoms with Crippen molar-refractivity contribution in [1.82, 2.24) is 0 Å². The van der Waals surface area contributed by atoms with Crippen LogP contribution in [0.3, 0.4) is 0 Å². The summed E-state index contributed by atoms with van der Waals surface area (Å²) >= 11 is 11.5. The summed E-state index contributed by atoms with van der Waals surface area (Å²) in [6.07, 6.45) is 1.23. The molecule has 0 fully saturated rings. The van der Waals surface area contributed by atoms with Crippen molar-refractivity contribution in [3.63, 3.8) is 0 Å². The first-order valence-corrected chi connectivity index (χ1v) is 11.6. The molecule has 7 heteroatoms. The number of carbonyl (C=O) groups is 1. The predicted molar refractivity (Wildman–Crippen MR) is 132 cm³/mol. The van der Waals surface area contributed by atoms with Crippen molar-refractivity contribution in [3.05, 3.63) is 118 Å². The number of hydrogen-bond acceptors (Lipinski definition) is 3. The standard InChI is InChI=1S/C14H12O2.C12H8Cl2OS.Eu/c1-10(15)8-14(16)13-7-6-11-4-2-3-5-12(11)9-13;13-9-1-5-11(6-2-9)16(15)12-7-3-10(14)4-8-12;/h2-9,15H,1H3;1-8H;/b10-8-;;. The zero-order chi connectivity index (χ0) is 23.1. The molecular weight excluding hydrogens is 615 g/mol. The molecule has 0 saturated heterocycles. The van der Waals surface area contributed by atoms with Gasteiger partial charge in [-0.2, -0.15) is 0 Å². The van der Waals surface area contributed by atoms with Crippen LogP contribution in [0.15, 0.2) is 113 Å². The van der Waals surface area contributed by atoms with Crippen LogP contribution in [0.1, 0.15) is 17.3 Å². The number of halogens is 2. The Labute approximate surface area is 246 Å². The molecular formula is C26H20Cl2EuO3S. The van der Waals surface area contributed by atoms with Crippen LogP contribution in [-0.2, 0) is 10.8 Å². The minimum atomic E-state index is -1.18. The molecule has 0 aliphatic rings. The second-order valence-corrected chi connectivity index (χ2v) is 9.24. The molecule has 0 aromatic heterocycles. The van der Waals surface area contributed by atoms with Crippen molar-refractivity contribution >= 4 is 50.6 Å². The maximum Gasteiger partial charge on any atom is 0.189 e. The average molecular weight is 635 g/mol. The number of aliphatic hydroxyl groups is 1. The van der Waals surface area contributed by atoms with E-state index in [0.29, 0.717) is 15.6 Å². The minimum Gasteiger partial charge on any atom is -0.512 e. The molecule has 0 heterocycles. The van der Waals surface area contributed by atoms with Gasteiger partial charge in [0, 0.05) is 80.9 Å². The van der Waals surface area contributed by atoms with E-state index in [1.807, 2.05) is 36.4 Å². The van der Waals surface area contributed by atoms with Gasteiger partial charge in [0.25, 0.3) is 0 Å². The fourth-order valence-electron chi connectivity index (χ4n) is 2.87. The van der Waals surface area contributed by atoms with Crippen LogP contribution in [-0.4, -0.2) is 15.1 Å². The van der Waals surface area contributed by atoms with E-state index in [0.717, 1.165) is 20.6 Å². The minimum absolute atomic E-state index is 0. The summed E-state index contributed by atoms with van der Waals surface area (Å²) in [4.78, 5) is 13.1. The van der Waals surface area contributed by atoms with Gasteiger partial charge in [0.15, 0.2) is 5.78 Å². The number of benzene rings is 4. The van der Waals surface area contributed by atoms with E-state index in [1.54, 1.807) is 54.6 Å². The molecule has 4 aromatic rings. The van der Waals surface area contributed by atoms with Crippen molar-refractivity contribution in [2.75, 3.05) is 0 Å². The molecule has 4 aromatic carbocycles. The molecule has 0 saturated carbocycles. The third-order valence-corrected chi connectivity index (χ3v) is 6.33. The number of fused-ring (bicyclic) bond motifs is 1. The molecule has 0 amide bonds. The Hall–Kier alpha value is -1.34. The van der Waals surface area contributed by atoms with E-state index >= 15 is 0 Å². The Balaban J connectivity index is 0.000000227. The zero-order valence-electron chi connectivity index (χ0n) is 17.5. The van der Waals surface area contributed by atoms with E-state index in [9.17, 15) is 9.00 Å². The second kappa shape index (κ2) is 13.5. The molecule has 0 spiro atoms. The molecule has 169 valence electrons. The fourth-order valence-corrected chi connectivity index (χ4v) is 4.16. The SMILES string of the molecule is C/C(O)=C/C(=O)c1ccc2ccccc2c1.O=S(c1ccc(Cl)cc1)c1ccc(Cl)cc1.[Eu]. The third kappa shape index (κ3) is 8.43. The Morgan fingerprint density at radius 3 is 1.76 bits per heavy atom. The maximum atomic E-state index is 12.1. The first kappa shape index (κ1) is 27.9. The van der Waals surface area contributed by atoms with Crippen LogP contribution in [0.25, 0.3) is 10.8 Å². The molecule has 0 atom stereocenters. The van der Waals surface area contributed by atoms with Crippen molar-refractivity contribution in [2.45, 2.75) is 16.7 Å². The zero-order valence-corrected chi connectivity index (χ0v) is 22.3. The molecule has 0 aliphatic carbocycles. The Morgan fingerprint density at radius 1 is 0.788 bits per heavy atom. The number of allylic oxidation sites excluding steroid dienone is 2. The van der Waals surface area contributed by atoms with Gasteiger partial charge in [-0.15, -0.1) is 0 Å². The van der Waals surface area contributed by atoms with E-state index in [4.69, 9.17) is 28.3 Å². The number of hydrogen-bond donors (Lipinski definition) is 1. The number of ketones is 1. The van der Waals surface area contributed by atoms with Gasteiger partial charge in [0.05, 0.1) is 16.6 Å². The Kier molecular flexibility index (Phi) is 11.4. The topological polar surface area (TPSA) is 54.4 Å². The van der Waals surface area contributed by atoms with Crippen LogP contribution >= 0.6 is 23.2 Å². The van der Waals surface area contributed by atoms with Gasteiger partial charge in [0.2, 0.25) is 0 Å². The van der Waals surface area contributed by atoms with Crippen LogP contribution in [0.4, 0.5) is 0 Å². The van der Waals surface area contributed by atoms with Crippen LogP contribution in [0, 0.1) is 49.4 Å². The van der Waals surface area contributed by atoms with Crippen LogP contribution < -0.4 is 0 Å². The van der Waals surface area contributed by atoms with E-state index in [-0.39, 0.29) is 60.9 Å². The van der Waals surface area contributed by atoms with Gasteiger partial charge in [0.1, 0.15) is 0 Å². The van der Waals surface area contributed by atoms with Gasteiger partial charge < -0.3 is 5.11 Å². The van der Waals surface area contributed by atoms with Crippen molar-refractivity contribution in [3.8, 4) is 0 Å². The largest absolute Gasteiger partial charge is 0.512 e. The molecule has 1 N–H and O–H groups in total. The van der Waals surface area contributed by atoms with Gasteiger partial charge in [-0.1, -0.05) is 59.6 Å². The molecule has 3 nitrogen and oxygen atoms in total. The summed E-state index contributed by atoms with van der Waals surface area (Å²) < 4.78 is 12.1. The van der Waals surface area contributed by atoms with E-state index in [1.165, 1.54) is 13.0 Å². The number of aliphatic hydroxyl groups excluding tert-OH is 1. The monoisotopic (exact) mass is 635 g/mol. The molecule has 1 radical (unpaired) electrons. The molecule has 0 unspecified atom stereocenters. The van der Waals surface area contributed by atoms with Crippen LogP contribution in [0.5, 0.6) is 0 Å². The van der Waals surface area contributed by atoms with Crippen LogP contribution in [0.2, 0.25) is 10.0 Å². The number of rotatable bonds is 4. The summed E-state index contributed by atoms with van der Waals surface area (Å²) in [6.45, 7) is 1.49. The summed E-state index contributed by atoms with van der Waals surface area (Å²) in [7, 11) is -1.18. The van der Waals surface area contributed by atoms with Gasteiger partial charge >= 0.3 is 0 Å². The molecule has 0 bridgehead atoms. The summed E-state index contributed by atoms with van der Waals surface area (Å²) in [5, 5.41) is 12.4. The van der Waals surface area contributed by atoms with Gasteiger partial charge in [-0.3, -0.25) is 4.79 Å². The fraction of sp³-hybridized carbons (Fsp3) is 0.0385.